The maximum absolute atomic E-state index is 13.4. The summed E-state index contributed by atoms with van der Waals surface area (Å²) in [7, 11) is 0. The summed E-state index contributed by atoms with van der Waals surface area (Å²) in [6, 6.07) is 5.02. The molecule has 4 heteroatoms. The van der Waals surface area contributed by atoms with Gasteiger partial charge in [-0.3, -0.25) is 0 Å². The lowest BCUT2D eigenvalue weighted by molar-refractivity contribution is 0.321. The Bertz CT molecular complexity index is 329. The van der Waals surface area contributed by atoms with Gasteiger partial charge in [0.1, 0.15) is 0 Å². The van der Waals surface area contributed by atoms with Crippen LogP contribution in [0.1, 0.15) is 20.3 Å². The SMILES string of the molecule is CCOc1ccc(NCCC(C)N)cc1F. The van der Waals surface area contributed by atoms with Crippen molar-refractivity contribution in [1.29, 1.82) is 0 Å². The first-order chi connectivity index (χ1) is 7.63. The average molecular weight is 226 g/mol. The van der Waals surface area contributed by atoms with E-state index >= 15 is 0 Å². The summed E-state index contributed by atoms with van der Waals surface area (Å²) >= 11 is 0. The zero-order valence-corrected chi connectivity index (χ0v) is 9.79. The molecule has 0 spiro atoms. The van der Waals surface area contributed by atoms with Gasteiger partial charge in [-0.15, -0.1) is 0 Å². The van der Waals surface area contributed by atoms with E-state index in [0.29, 0.717) is 12.4 Å². The molecule has 1 aromatic rings. The largest absolute Gasteiger partial charge is 0.491 e. The topological polar surface area (TPSA) is 47.3 Å². The summed E-state index contributed by atoms with van der Waals surface area (Å²) in [4.78, 5) is 0. The zero-order chi connectivity index (χ0) is 12.0. The highest BCUT2D eigenvalue weighted by atomic mass is 19.1. The Morgan fingerprint density at radius 3 is 2.81 bits per heavy atom. The molecule has 16 heavy (non-hydrogen) atoms. The molecule has 0 aliphatic carbocycles. The highest BCUT2D eigenvalue weighted by Crippen LogP contribution is 2.20. The van der Waals surface area contributed by atoms with Gasteiger partial charge in [-0.1, -0.05) is 0 Å². The van der Waals surface area contributed by atoms with Gasteiger partial charge in [0.05, 0.1) is 6.61 Å². The Balaban J connectivity index is 2.52. The summed E-state index contributed by atoms with van der Waals surface area (Å²) in [5, 5.41) is 3.11. The van der Waals surface area contributed by atoms with Crippen molar-refractivity contribution in [3.05, 3.63) is 24.0 Å². The second-order valence-electron chi connectivity index (χ2n) is 3.77. The lowest BCUT2D eigenvalue weighted by Gasteiger charge is -2.10. The number of hydrogen-bond donors (Lipinski definition) is 2. The molecule has 3 N–H and O–H groups in total. The first kappa shape index (κ1) is 12.8. The van der Waals surface area contributed by atoms with E-state index in [0.717, 1.165) is 18.7 Å². The number of nitrogens with one attached hydrogen (secondary N) is 1. The smallest absolute Gasteiger partial charge is 0.167 e. The Labute approximate surface area is 95.8 Å². The van der Waals surface area contributed by atoms with Crippen LogP contribution >= 0.6 is 0 Å². The number of ether oxygens (including phenoxy) is 1. The Morgan fingerprint density at radius 2 is 2.25 bits per heavy atom. The molecular formula is C12H19FN2O. The molecule has 0 amide bonds. The molecule has 1 aromatic carbocycles. The monoisotopic (exact) mass is 226 g/mol. The normalized spacial score (nSPS) is 12.2. The number of halogens is 1. The van der Waals surface area contributed by atoms with Crippen LogP contribution in [-0.4, -0.2) is 19.2 Å². The highest BCUT2D eigenvalue weighted by molar-refractivity contribution is 5.47. The van der Waals surface area contributed by atoms with Crippen molar-refractivity contribution in [2.75, 3.05) is 18.5 Å². The van der Waals surface area contributed by atoms with Crippen molar-refractivity contribution in [3.8, 4) is 5.75 Å². The van der Waals surface area contributed by atoms with Crippen molar-refractivity contribution in [3.63, 3.8) is 0 Å². The van der Waals surface area contributed by atoms with Crippen molar-refractivity contribution in [1.82, 2.24) is 0 Å². The van der Waals surface area contributed by atoms with E-state index in [9.17, 15) is 4.39 Å². The van der Waals surface area contributed by atoms with E-state index in [4.69, 9.17) is 10.5 Å². The van der Waals surface area contributed by atoms with Gasteiger partial charge in [-0.25, -0.2) is 4.39 Å². The first-order valence-electron chi connectivity index (χ1n) is 5.55. The fourth-order valence-electron chi connectivity index (χ4n) is 1.33. The number of nitrogens with two attached hydrogens (primary N) is 1. The van der Waals surface area contributed by atoms with Crippen molar-refractivity contribution in [2.45, 2.75) is 26.3 Å². The van der Waals surface area contributed by atoms with Gasteiger partial charge < -0.3 is 15.8 Å². The van der Waals surface area contributed by atoms with Crippen LogP contribution in [0.15, 0.2) is 18.2 Å². The minimum atomic E-state index is -0.340. The molecule has 0 aliphatic heterocycles. The van der Waals surface area contributed by atoms with Gasteiger partial charge in [0.15, 0.2) is 11.6 Å². The molecule has 0 bridgehead atoms. The second kappa shape index (κ2) is 6.33. The highest BCUT2D eigenvalue weighted by Gasteiger charge is 2.03. The number of benzene rings is 1. The fraction of sp³-hybridized carbons (Fsp3) is 0.500. The molecule has 0 radical (unpaired) electrons. The molecular weight excluding hydrogens is 207 g/mol. The maximum atomic E-state index is 13.4. The van der Waals surface area contributed by atoms with Gasteiger partial charge in [-0.2, -0.15) is 0 Å². The van der Waals surface area contributed by atoms with Gasteiger partial charge in [0, 0.05) is 24.3 Å². The minimum absolute atomic E-state index is 0.153. The van der Waals surface area contributed by atoms with Crippen LogP contribution in [0, 0.1) is 5.82 Å². The molecule has 0 aliphatic rings. The first-order valence-corrected chi connectivity index (χ1v) is 5.55. The molecule has 0 fully saturated rings. The van der Waals surface area contributed by atoms with Crippen molar-refractivity contribution in [2.24, 2.45) is 5.73 Å². The second-order valence-corrected chi connectivity index (χ2v) is 3.77. The lowest BCUT2D eigenvalue weighted by Crippen LogP contribution is -2.19. The van der Waals surface area contributed by atoms with Crippen LogP contribution in [-0.2, 0) is 0 Å². The summed E-state index contributed by atoms with van der Waals surface area (Å²) in [6.45, 7) is 4.98. The third kappa shape index (κ3) is 4.06. The Kier molecular flexibility index (Phi) is 5.05. The van der Waals surface area contributed by atoms with Gasteiger partial charge in [-0.05, 0) is 32.4 Å². The lowest BCUT2D eigenvalue weighted by atomic mass is 10.2. The Morgan fingerprint density at radius 1 is 1.50 bits per heavy atom. The van der Waals surface area contributed by atoms with Crippen LogP contribution in [0.4, 0.5) is 10.1 Å². The van der Waals surface area contributed by atoms with E-state index < -0.39 is 0 Å². The van der Waals surface area contributed by atoms with Crippen LogP contribution < -0.4 is 15.8 Å². The van der Waals surface area contributed by atoms with E-state index in [1.54, 1.807) is 12.1 Å². The molecule has 3 nitrogen and oxygen atoms in total. The number of rotatable bonds is 6. The molecule has 90 valence electrons. The molecule has 1 atom stereocenters. The third-order valence-electron chi connectivity index (χ3n) is 2.16. The number of anilines is 1. The summed E-state index contributed by atoms with van der Waals surface area (Å²) in [6.07, 6.45) is 0.856. The third-order valence-corrected chi connectivity index (χ3v) is 2.16. The molecule has 0 saturated carbocycles. The quantitative estimate of drug-likeness (QED) is 0.783. The molecule has 0 aromatic heterocycles. The Hall–Kier alpha value is -1.29. The van der Waals surface area contributed by atoms with E-state index in [1.807, 2.05) is 13.8 Å². The fourth-order valence-corrected chi connectivity index (χ4v) is 1.33. The molecule has 0 saturated heterocycles. The predicted molar refractivity (Wildman–Crippen MR) is 64.3 cm³/mol. The van der Waals surface area contributed by atoms with Crippen LogP contribution in [0.3, 0.4) is 0 Å². The van der Waals surface area contributed by atoms with E-state index in [-0.39, 0.29) is 11.9 Å². The standard InChI is InChI=1S/C12H19FN2O/c1-3-16-12-5-4-10(8-11(12)13)15-7-6-9(2)14/h4-5,8-9,15H,3,6-7,14H2,1-2H3. The van der Waals surface area contributed by atoms with E-state index in [1.165, 1.54) is 6.07 Å². The van der Waals surface area contributed by atoms with Crippen molar-refractivity contribution >= 4 is 5.69 Å². The molecule has 0 heterocycles. The maximum Gasteiger partial charge on any atom is 0.167 e. The van der Waals surface area contributed by atoms with Crippen LogP contribution in [0.5, 0.6) is 5.75 Å². The molecule has 1 unspecified atom stereocenters. The van der Waals surface area contributed by atoms with Crippen molar-refractivity contribution < 1.29 is 9.13 Å². The summed E-state index contributed by atoms with van der Waals surface area (Å²) in [5.41, 5.74) is 6.37. The van der Waals surface area contributed by atoms with Gasteiger partial charge >= 0.3 is 0 Å². The van der Waals surface area contributed by atoms with Gasteiger partial charge in [0.2, 0.25) is 0 Å². The van der Waals surface area contributed by atoms with Gasteiger partial charge in [0.25, 0.3) is 0 Å². The molecule has 1 rings (SSSR count). The van der Waals surface area contributed by atoms with Crippen LogP contribution in [0.2, 0.25) is 0 Å². The average Bonchev–Trinajstić information content (AvgIpc) is 2.21. The zero-order valence-electron chi connectivity index (χ0n) is 9.79. The number of hydrogen-bond acceptors (Lipinski definition) is 3. The summed E-state index contributed by atoms with van der Waals surface area (Å²) < 4.78 is 18.5. The summed E-state index contributed by atoms with van der Waals surface area (Å²) in [5.74, 6) is -0.0483. The minimum Gasteiger partial charge on any atom is -0.491 e. The predicted octanol–water partition coefficient (Wildman–Crippen LogP) is 2.37. The van der Waals surface area contributed by atoms with E-state index in [2.05, 4.69) is 5.32 Å². The van der Waals surface area contributed by atoms with Crippen LogP contribution in [0.25, 0.3) is 0 Å².